The maximum absolute atomic E-state index is 10.8. The second-order valence-corrected chi connectivity index (χ2v) is 4.21. The van der Waals surface area contributed by atoms with Gasteiger partial charge in [-0.15, -0.1) is 13.2 Å². The summed E-state index contributed by atoms with van der Waals surface area (Å²) < 4.78 is 10.8. The molecule has 0 saturated carbocycles. The van der Waals surface area contributed by atoms with E-state index in [1.54, 1.807) is 0 Å². The summed E-state index contributed by atoms with van der Waals surface area (Å²) in [7, 11) is -2.93. The fourth-order valence-electron chi connectivity index (χ4n) is 0.478. The van der Waals surface area contributed by atoms with E-state index in [-0.39, 0.29) is 18.5 Å². The molecule has 0 saturated heterocycles. The summed E-state index contributed by atoms with van der Waals surface area (Å²) in [5, 5.41) is 0. The third-order valence-corrected chi connectivity index (χ3v) is 2.49. The van der Waals surface area contributed by atoms with Crippen molar-refractivity contribution in [3.63, 3.8) is 0 Å². The van der Waals surface area contributed by atoms with Gasteiger partial charge in [-0.05, 0) is 0 Å². The van der Waals surface area contributed by atoms with Gasteiger partial charge in [-0.1, -0.05) is 12.2 Å². The monoisotopic (exact) mass is 163 g/mol. The van der Waals surface area contributed by atoms with Crippen LogP contribution in [0.4, 0.5) is 0 Å². The summed E-state index contributed by atoms with van der Waals surface area (Å²) in [6.45, 7) is 6.72. The molecule has 10 heavy (non-hydrogen) atoms. The molecule has 0 radical (unpaired) electrons. The Balaban J connectivity index is 0. The van der Waals surface area contributed by atoms with Crippen molar-refractivity contribution in [2.75, 3.05) is 12.3 Å². The molecule has 0 bridgehead atoms. The molecule has 0 aliphatic rings. The number of hydrogen-bond donors (Lipinski definition) is 2. The lowest BCUT2D eigenvalue weighted by Crippen LogP contribution is -1.87. The van der Waals surface area contributed by atoms with E-state index < -0.39 is 7.37 Å². The smallest absolute Gasteiger partial charge is 0.207 e. The highest BCUT2D eigenvalue weighted by Gasteiger charge is 2.11. The lowest BCUT2D eigenvalue weighted by atomic mass is 10.8. The van der Waals surface area contributed by atoms with Crippen LogP contribution in [0.15, 0.2) is 25.3 Å². The van der Waals surface area contributed by atoms with Gasteiger partial charge in [0.25, 0.3) is 0 Å². The van der Waals surface area contributed by atoms with E-state index >= 15 is 0 Å². The zero-order valence-corrected chi connectivity index (χ0v) is 6.89. The van der Waals surface area contributed by atoms with Crippen LogP contribution in [0.5, 0.6) is 0 Å². The number of hydrogen-bond acceptors (Lipinski definition) is 2. The van der Waals surface area contributed by atoms with Gasteiger partial charge in [-0.3, -0.25) is 4.57 Å². The molecule has 0 aliphatic heterocycles. The van der Waals surface area contributed by atoms with E-state index in [0.717, 1.165) is 0 Å². The Bertz CT molecular complexity index is 142. The van der Waals surface area contributed by atoms with Crippen molar-refractivity contribution in [2.45, 2.75) is 0 Å². The molecule has 0 aromatic carbocycles. The first-order chi connectivity index (χ1) is 4.12. The molecule has 0 spiro atoms. The largest absolute Gasteiger partial charge is 0.344 e. The second-order valence-electron chi connectivity index (χ2n) is 1.79. The van der Waals surface area contributed by atoms with E-state index in [4.69, 9.17) is 4.89 Å². The zero-order chi connectivity index (χ0) is 7.33. The van der Waals surface area contributed by atoms with E-state index in [2.05, 4.69) is 13.2 Å². The van der Waals surface area contributed by atoms with Crippen LogP contribution in [-0.4, -0.2) is 17.2 Å². The van der Waals surface area contributed by atoms with Crippen LogP contribution in [0.2, 0.25) is 0 Å². The van der Waals surface area contributed by atoms with E-state index in [1.807, 2.05) is 0 Å². The minimum atomic E-state index is -2.93. The summed E-state index contributed by atoms with van der Waals surface area (Å²) >= 11 is 0. The first-order valence-electron chi connectivity index (χ1n) is 2.65. The van der Waals surface area contributed by atoms with Crippen LogP contribution in [0.1, 0.15) is 0 Å². The summed E-state index contributed by atoms with van der Waals surface area (Å²) in [4.78, 5) is 8.93. The van der Waals surface area contributed by atoms with Crippen LogP contribution < -0.4 is 6.15 Å². The molecule has 3 nitrogen and oxygen atoms in total. The van der Waals surface area contributed by atoms with Crippen molar-refractivity contribution in [1.29, 1.82) is 0 Å². The van der Waals surface area contributed by atoms with Crippen LogP contribution >= 0.6 is 7.37 Å². The molecular weight excluding hydrogens is 149 g/mol. The first kappa shape index (κ1) is 12.3. The topological polar surface area (TPSA) is 72.3 Å². The molecule has 4 heteroatoms. The molecule has 4 N–H and O–H groups in total. The summed E-state index contributed by atoms with van der Waals surface area (Å²) in [6, 6.07) is 0. The molecule has 0 aromatic heterocycles. The van der Waals surface area contributed by atoms with Crippen LogP contribution in [0.3, 0.4) is 0 Å². The second kappa shape index (κ2) is 5.42. The van der Waals surface area contributed by atoms with Gasteiger partial charge in [-0.25, -0.2) is 0 Å². The maximum Gasteiger partial charge on any atom is 0.207 e. The average Bonchev–Trinajstić information content (AvgIpc) is 1.64. The Morgan fingerprint density at radius 2 is 1.60 bits per heavy atom. The molecule has 0 rings (SSSR count). The fourth-order valence-corrected chi connectivity index (χ4v) is 1.43. The Morgan fingerprint density at radius 3 is 1.80 bits per heavy atom. The van der Waals surface area contributed by atoms with E-state index in [0.29, 0.717) is 0 Å². The van der Waals surface area contributed by atoms with Gasteiger partial charge in [0.2, 0.25) is 7.37 Å². The summed E-state index contributed by atoms with van der Waals surface area (Å²) in [5.41, 5.74) is 0. The highest BCUT2D eigenvalue weighted by atomic mass is 31.2. The molecule has 0 unspecified atom stereocenters. The summed E-state index contributed by atoms with van der Waals surface area (Å²) in [5.74, 6) is 0. The van der Waals surface area contributed by atoms with Gasteiger partial charge in [-0.2, -0.15) is 0 Å². The van der Waals surface area contributed by atoms with E-state index in [9.17, 15) is 4.57 Å². The van der Waals surface area contributed by atoms with Crippen molar-refractivity contribution < 1.29 is 9.46 Å². The maximum atomic E-state index is 10.8. The molecule has 0 aliphatic carbocycles. The normalized spacial score (nSPS) is 9.70. The molecule has 60 valence electrons. The lowest BCUT2D eigenvalue weighted by molar-refractivity contribution is 0.485. The van der Waals surface area contributed by atoms with Crippen molar-refractivity contribution in [1.82, 2.24) is 6.15 Å². The van der Waals surface area contributed by atoms with Crippen molar-refractivity contribution in [2.24, 2.45) is 0 Å². The Labute approximate surface area is 61.5 Å². The van der Waals surface area contributed by atoms with Crippen LogP contribution in [0, 0.1) is 0 Å². The van der Waals surface area contributed by atoms with Crippen molar-refractivity contribution >= 4 is 7.37 Å². The van der Waals surface area contributed by atoms with Gasteiger partial charge < -0.3 is 11.0 Å². The van der Waals surface area contributed by atoms with Crippen LogP contribution in [0.25, 0.3) is 0 Å². The minimum Gasteiger partial charge on any atom is -0.344 e. The van der Waals surface area contributed by atoms with Gasteiger partial charge in [0, 0.05) is 12.3 Å². The molecule has 0 atom stereocenters. The third-order valence-electron chi connectivity index (χ3n) is 0.829. The predicted molar refractivity (Wildman–Crippen MR) is 45.0 cm³/mol. The predicted octanol–water partition coefficient (Wildman–Crippen LogP) is 1.79. The zero-order valence-electron chi connectivity index (χ0n) is 5.99. The Hall–Kier alpha value is -0.370. The lowest BCUT2D eigenvalue weighted by Gasteiger charge is -2.03. The first-order valence-corrected chi connectivity index (χ1v) is 4.68. The summed E-state index contributed by atoms with van der Waals surface area (Å²) in [6.07, 6.45) is 3.26. The van der Waals surface area contributed by atoms with Crippen LogP contribution in [-0.2, 0) is 4.57 Å². The Morgan fingerprint density at radius 1 is 1.30 bits per heavy atom. The molecule has 0 heterocycles. The van der Waals surface area contributed by atoms with Crippen molar-refractivity contribution in [3.8, 4) is 0 Å². The van der Waals surface area contributed by atoms with Gasteiger partial charge in [0.05, 0.1) is 0 Å². The SMILES string of the molecule is C=CCP(=O)(O)CC=C.N. The van der Waals surface area contributed by atoms with Crippen molar-refractivity contribution in [3.05, 3.63) is 25.3 Å². The van der Waals surface area contributed by atoms with Gasteiger partial charge in [0.1, 0.15) is 0 Å². The quantitative estimate of drug-likeness (QED) is 0.490. The standard InChI is InChI=1S/C6H11O2P.H3N/c1-3-5-9(7,8)6-4-2;/h3-4H,1-2,5-6H2,(H,7,8);1H3. The number of allylic oxidation sites excluding steroid dienone is 2. The van der Waals surface area contributed by atoms with Gasteiger partial charge >= 0.3 is 0 Å². The highest BCUT2D eigenvalue weighted by Crippen LogP contribution is 2.39. The molecular formula is C6H14NO2P. The van der Waals surface area contributed by atoms with E-state index in [1.165, 1.54) is 12.2 Å². The fraction of sp³-hybridized carbons (Fsp3) is 0.333. The number of rotatable bonds is 4. The van der Waals surface area contributed by atoms with Gasteiger partial charge in [0.15, 0.2) is 0 Å². The minimum absolute atomic E-state index is 0. The highest BCUT2D eigenvalue weighted by molar-refractivity contribution is 7.58. The molecule has 0 fully saturated rings. The Kier molecular flexibility index (Phi) is 6.67. The average molecular weight is 163 g/mol. The third kappa shape index (κ3) is 5.76. The molecule has 0 aromatic rings. The molecule has 0 amide bonds.